The van der Waals surface area contributed by atoms with Gasteiger partial charge in [-0.15, -0.1) is 5.10 Å². The number of amidine groups is 1. The zero-order valence-corrected chi connectivity index (χ0v) is 9.74. The SMILES string of the molecule is CN1CC[N+](C)=C1On1nnc2cccnc21. The van der Waals surface area contributed by atoms with E-state index in [1.54, 1.807) is 6.20 Å². The van der Waals surface area contributed by atoms with Crippen LogP contribution in [0.4, 0.5) is 0 Å². The van der Waals surface area contributed by atoms with E-state index in [1.165, 1.54) is 4.85 Å². The van der Waals surface area contributed by atoms with Gasteiger partial charge >= 0.3 is 6.02 Å². The highest BCUT2D eigenvalue weighted by molar-refractivity contribution is 5.72. The molecule has 0 bridgehead atoms. The van der Waals surface area contributed by atoms with Gasteiger partial charge in [0.15, 0.2) is 0 Å². The van der Waals surface area contributed by atoms with Gasteiger partial charge < -0.3 is 0 Å². The third-order valence-electron chi connectivity index (χ3n) is 2.77. The van der Waals surface area contributed by atoms with E-state index in [0.717, 1.165) is 24.6 Å². The quantitative estimate of drug-likeness (QED) is 0.603. The van der Waals surface area contributed by atoms with Gasteiger partial charge in [0, 0.05) is 6.20 Å². The van der Waals surface area contributed by atoms with Gasteiger partial charge in [-0.3, -0.25) is 4.84 Å². The van der Waals surface area contributed by atoms with Gasteiger partial charge in [-0.2, -0.15) is 0 Å². The standard InChI is InChI=1S/C10H13N6O/c1-14-6-7-15(2)10(14)17-16-9-8(12-13-16)4-3-5-11-9/h3-5H,6-7H2,1-2H3/q+1. The Morgan fingerprint density at radius 1 is 1.47 bits per heavy atom. The van der Waals surface area contributed by atoms with E-state index in [1.807, 2.05) is 35.7 Å². The van der Waals surface area contributed by atoms with Crippen molar-refractivity contribution >= 4 is 17.2 Å². The van der Waals surface area contributed by atoms with Crippen molar-refractivity contribution in [3.05, 3.63) is 18.3 Å². The van der Waals surface area contributed by atoms with Gasteiger partial charge in [0.1, 0.15) is 18.6 Å². The predicted octanol–water partition coefficient (Wildman–Crippen LogP) is -0.801. The van der Waals surface area contributed by atoms with Crippen LogP contribution < -0.4 is 4.84 Å². The maximum Gasteiger partial charge on any atom is 0.472 e. The summed E-state index contributed by atoms with van der Waals surface area (Å²) in [6.07, 6.45) is 1.69. The van der Waals surface area contributed by atoms with Crippen molar-refractivity contribution in [3.8, 4) is 0 Å². The molecular formula is C10H13N6O+. The highest BCUT2D eigenvalue weighted by atomic mass is 16.7. The van der Waals surface area contributed by atoms with Crippen LogP contribution in [0.2, 0.25) is 0 Å². The molecule has 0 fully saturated rings. The molecule has 1 aliphatic heterocycles. The Labute approximate surface area is 97.9 Å². The lowest BCUT2D eigenvalue weighted by Crippen LogP contribution is -2.35. The van der Waals surface area contributed by atoms with Gasteiger partial charge in [0.05, 0.1) is 14.1 Å². The second-order valence-corrected chi connectivity index (χ2v) is 4.03. The minimum Gasteiger partial charge on any atom is -0.277 e. The molecule has 1 aliphatic rings. The first-order valence-electron chi connectivity index (χ1n) is 5.40. The van der Waals surface area contributed by atoms with Gasteiger partial charge in [0.2, 0.25) is 5.65 Å². The molecule has 0 saturated carbocycles. The lowest BCUT2D eigenvalue weighted by molar-refractivity contribution is -0.495. The molecule has 88 valence electrons. The Hall–Kier alpha value is -2.18. The molecular weight excluding hydrogens is 220 g/mol. The van der Waals surface area contributed by atoms with Crippen LogP contribution in [0.5, 0.6) is 0 Å². The monoisotopic (exact) mass is 233 g/mol. The number of rotatable bonds is 1. The lowest BCUT2D eigenvalue weighted by atomic mass is 10.4. The molecule has 0 radical (unpaired) electrons. The molecule has 3 heterocycles. The van der Waals surface area contributed by atoms with Crippen LogP contribution in [-0.2, 0) is 0 Å². The highest BCUT2D eigenvalue weighted by Crippen LogP contribution is 2.05. The summed E-state index contributed by atoms with van der Waals surface area (Å²) in [6.45, 7) is 1.87. The minimum atomic E-state index is 0.619. The molecule has 3 rings (SSSR count). The van der Waals surface area contributed by atoms with Crippen molar-refractivity contribution < 1.29 is 9.41 Å². The van der Waals surface area contributed by atoms with Crippen molar-refractivity contribution in [2.45, 2.75) is 0 Å². The normalized spacial score (nSPS) is 16.0. The first-order valence-corrected chi connectivity index (χ1v) is 5.40. The molecule has 7 nitrogen and oxygen atoms in total. The maximum absolute atomic E-state index is 5.70. The Morgan fingerprint density at radius 3 is 3.12 bits per heavy atom. The summed E-state index contributed by atoms with van der Waals surface area (Å²) in [5.41, 5.74) is 1.34. The molecule has 0 amide bonds. The zero-order chi connectivity index (χ0) is 11.8. The van der Waals surface area contributed by atoms with Gasteiger partial charge in [-0.05, 0) is 22.2 Å². The topological polar surface area (TPSA) is 59.1 Å². The summed E-state index contributed by atoms with van der Waals surface area (Å²) in [6, 6.07) is 4.42. The first kappa shape index (κ1) is 10.0. The largest absolute Gasteiger partial charge is 0.472 e. The average Bonchev–Trinajstić information content (AvgIpc) is 2.88. The van der Waals surface area contributed by atoms with Crippen LogP contribution >= 0.6 is 0 Å². The van der Waals surface area contributed by atoms with E-state index < -0.39 is 0 Å². The molecule has 0 N–H and O–H groups in total. The molecule has 0 aliphatic carbocycles. The van der Waals surface area contributed by atoms with Gasteiger partial charge in [-0.1, -0.05) is 0 Å². The molecule has 0 unspecified atom stereocenters. The fourth-order valence-corrected chi connectivity index (χ4v) is 1.81. The molecule has 2 aromatic rings. The number of hydrogen-bond donors (Lipinski definition) is 0. The highest BCUT2D eigenvalue weighted by Gasteiger charge is 2.29. The van der Waals surface area contributed by atoms with Gasteiger partial charge in [-0.25, -0.2) is 14.5 Å². The van der Waals surface area contributed by atoms with Crippen molar-refractivity contribution in [1.29, 1.82) is 0 Å². The van der Waals surface area contributed by atoms with Crippen LogP contribution in [0.25, 0.3) is 11.2 Å². The predicted molar refractivity (Wildman–Crippen MR) is 60.6 cm³/mol. The van der Waals surface area contributed by atoms with Crippen molar-refractivity contribution in [2.24, 2.45) is 0 Å². The Morgan fingerprint density at radius 2 is 2.35 bits per heavy atom. The van der Waals surface area contributed by atoms with Crippen molar-refractivity contribution in [3.63, 3.8) is 0 Å². The second-order valence-electron chi connectivity index (χ2n) is 4.03. The van der Waals surface area contributed by atoms with E-state index in [-0.39, 0.29) is 0 Å². The van der Waals surface area contributed by atoms with E-state index in [9.17, 15) is 0 Å². The lowest BCUT2D eigenvalue weighted by Gasteiger charge is -2.06. The number of nitrogens with zero attached hydrogens (tertiary/aromatic N) is 6. The van der Waals surface area contributed by atoms with E-state index in [4.69, 9.17) is 4.84 Å². The minimum absolute atomic E-state index is 0.619. The number of aromatic nitrogens is 4. The van der Waals surface area contributed by atoms with Gasteiger partial charge in [0.25, 0.3) is 0 Å². The number of pyridine rings is 1. The Bertz CT molecular complexity index is 589. The third kappa shape index (κ3) is 1.59. The Balaban J connectivity index is 1.98. The summed E-state index contributed by atoms with van der Waals surface area (Å²) in [4.78, 5) is 13.3. The number of hydrogen-bond acceptors (Lipinski definition) is 5. The second kappa shape index (κ2) is 3.69. The summed E-state index contributed by atoms with van der Waals surface area (Å²) in [5, 5.41) is 7.92. The molecule has 7 heteroatoms. The number of likely N-dealkylation sites (N-methyl/N-ethyl adjacent to an activating group) is 2. The molecule has 2 aromatic heterocycles. The van der Waals surface area contributed by atoms with Crippen LogP contribution in [0.3, 0.4) is 0 Å². The van der Waals surface area contributed by atoms with Crippen molar-refractivity contribution in [2.75, 3.05) is 27.2 Å². The fourth-order valence-electron chi connectivity index (χ4n) is 1.81. The average molecular weight is 233 g/mol. The van der Waals surface area contributed by atoms with E-state index >= 15 is 0 Å². The third-order valence-corrected chi connectivity index (χ3v) is 2.77. The summed E-state index contributed by atoms with van der Waals surface area (Å²) >= 11 is 0. The van der Waals surface area contributed by atoms with E-state index in [0.29, 0.717) is 5.65 Å². The summed E-state index contributed by atoms with van der Waals surface area (Å²) in [7, 11) is 3.96. The van der Waals surface area contributed by atoms with E-state index in [2.05, 4.69) is 15.3 Å². The van der Waals surface area contributed by atoms with Crippen LogP contribution in [-0.4, -0.2) is 62.8 Å². The van der Waals surface area contributed by atoms with Crippen LogP contribution in [0.1, 0.15) is 0 Å². The molecule has 0 atom stereocenters. The Kier molecular flexibility index (Phi) is 2.17. The summed E-state index contributed by atoms with van der Waals surface area (Å²) in [5.74, 6) is 0. The molecule has 0 aromatic carbocycles. The fraction of sp³-hybridized carbons (Fsp3) is 0.400. The number of fused-ring (bicyclic) bond motifs is 1. The summed E-state index contributed by atoms with van der Waals surface area (Å²) < 4.78 is 2.02. The van der Waals surface area contributed by atoms with Crippen molar-refractivity contribution in [1.82, 2.24) is 25.0 Å². The van der Waals surface area contributed by atoms with Crippen LogP contribution in [0.15, 0.2) is 18.3 Å². The first-order chi connectivity index (χ1) is 8.25. The molecule has 0 spiro atoms. The smallest absolute Gasteiger partial charge is 0.277 e. The van der Waals surface area contributed by atoms with Crippen LogP contribution in [0, 0.1) is 0 Å². The molecule has 0 saturated heterocycles. The maximum atomic E-state index is 5.70. The molecule has 17 heavy (non-hydrogen) atoms. The zero-order valence-electron chi connectivity index (χ0n) is 9.74.